The molecule has 0 saturated heterocycles. The van der Waals surface area contributed by atoms with E-state index in [1.165, 1.54) is 0 Å². The number of hydrogen-bond donors (Lipinski definition) is 1. The number of fused-ring (bicyclic) bond motifs is 1. The van der Waals surface area contributed by atoms with Gasteiger partial charge in [0.05, 0.1) is 0 Å². The Morgan fingerprint density at radius 1 is 0.759 bits per heavy atom. The van der Waals surface area contributed by atoms with Crippen molar-refractivity contribution in [2.24, 2.45) is 0 Å². The fraction of sp³-hybridized carbons (Fsp3) is 0.0833. The number of rotatable bonds is 6. The molecule has 146 valence electrons. The van der Waals surface area contributed by atoms with E-state index in [1.54, 1.807) is 6.07 Å². The van der Waals surface area contributed by atoms with Crippen LogP contribution in [0.15, 0.2) is 78.9 Å². The predicted octanol–water partition coefficient (Wildman–Crippen LogP) is 7.99. The molecule has 0 radical (unpaired) electrons. The average Bonchev–Trinajstić information content (AvgIpc) is 2.71. The highest BCUT2D eigenvalue weighted by Gasteiger charge is 2.11. The van der Waals surface area contributed by atoms with Crippen LogP contribution in [0.2, 0.25) is 15.1 Å². The molecule has 0 atom stereocenters. The van der Waals surface area contributed by atoms with Gasteiger partial charge in [0.15, 0.2) is 0 Å². The van der Waals surface area contributed by atoms with Crippen molar-refractivity contribution >= 4 is 51.3 Å². The molecule has 0 bridgehead atoms. The van der Waals surface area contributed by atoms with Gasteiger partial charge >= 0.3 is 0 Å². The second-order valence-electron chi connectivity index (χ2n) is 6.66. The molecule has 0 aliphatic rings. The van der Waals surface area contributed by atoms with E-state index in [0.29, 0.717) is 28.2 Å². The number of hydrogen-bond acceptors (Lipinski definition) is 2. The maximum atomic E-state index is 6.28. The summed E-state index contributed by atoms with van der Waals surface area (Å²) in [6.45, 7) is 0.962. The third-order valence-corrected chi connectivity index (χ3v) is 5.48. The molecule has 0 saturated carbocycles. The first-order chi connectivity index (χ1) is 14.1. The molecule has 4 aromatic rings. The highest BCUT2D eigenvalue weighted by atomic mass is 35.5. The molecule has 0 aromatic heterocycles. The van der Waals surface area contributed by atoms with Gasteiger partial charge in [-0.05, 0) is 41.1 Å². The van der Waals surface area contributed by atoms with E-state index in [2.05, 4.69) is 23.5 Å². The molecule has 0 spiro atoms. The summed E-state index contributed by atoms with van der Waals surface area (Å²) in [5, 5.41) is 7.57. The maximum Gasteiger partial charge on any atom is 0.125 e. The quantitative estimate of drug-likeness (QED) is 0.327. The van der Waals surface area contributed by atoms with Crippen LogP contribution in [0.1, 0.15) is 11.1 Å². The minimum absolute atomic E-state index is 0.397. The Morgan fingerprint density at radius 2 is 1.48 bits per heavy atom. The van der Waals surface area contributed by atoms with Crippen LogP contribution in [0.25, 0.3) is 10.8 Å². The Morgan fingerprint density at radius 3 is 2.28 bits per heavy atom. The zero-order valence-corrected chi connectivity index (χ0v) is 17.7. The lowest BCUT2D eigenvalue weighted by molar-refractivity contribution is 0.304. The minimum Gasteiger partial charge on any atom is -0.488 e. The van der Waals surface area contributed by atoms with Crippen LogP contribution in [-0.2, 0) is 13.2 Å². The number of ether oxygens (including phenoxy) is 1. The van der Waals surface area contributed by atoms with Crippen molar-refractivity contribution in [3.8, 4) is 5.75 Å². The zero-order chi connectivity index (χ0) is 20.2. The summed E-state index contributed by atoms with van der Waals surface area (Å²) in [6.07, 6.45) is 0. The van der Waals surface area contributed by atoms with Gasteiger partial charge in [-0.25, -0.2) is 0 Å². The number of benzene rings is 4. The summed E-state index contributed by atoms with van der Waals surface area (Å²) in [5.41, 5.74) is 2.86. The predicted molar refractivity (Wildman–Crippen MR) is 124 cm³/mol. The molecule has 0 unspecified atom stereocenters. The second kappa shape index (κ2) is 8.96. The van der Waals surface area contributed by atoms with Crippen molar-refractivity contribution in [1.29, 1.82) is 0 Å². The summed E-state index contributed by atoms with van der Waals surface area (Å²) < 4.78 is 6.17. The highest BCUT2D eigenvalue weighted by molar-refractivity contribution is 6.35. The van der Waals surface area contributed by atoms with Gasteiger partial charge in [-0.1, -0.05) is 83.3 Å². The number of halogens is 3. The molecule has 0 aliphatic heterocycles. The van der Waals surface area contributed by atoms with Crippen molar-refractivity contribution in [1.82, 2.24) is 0 Å². The Kier molecular flexibility index (Phi) is 6.15. The molecule has 5 heteroatoms. The van der Waals surface area contributed by atoms with Crippen molar-refractivity contribution in [3.05, 3.63) is 105 Å². The van der Waals surface area contributed by atoms with Crippen LogP contribution in [0.4, 0.5) is 5.69 Å². The van der Waals surface area contributed by atoms with E-state index in [1.807, 2.05) is 54.6 Å². The van der Waals surface area contributed by atoms with Gasteiger partial charge < -0.3 is 10.1 Å². The van der Waals surface area contributed by atoms with Crippen LogP contribution in [-0.4, -0.2) is 0 Å². The highest BCUT2D eigenvalue weighted by Crippen LogP contribution is 2.31. The monoisotopic (exact) mass is 441 g/mol. The molecule has 2 nitrogen and oxygen atoms in total. The van der Waals surface area contributed by atoms with Crippen molar-refractivity contribution in [2.75, 3.05) is 5.32 Å². The van der Waals surface area contributed by atoms with Gasteiger partial charge in [-0.2, -0.15) is 0 Å². The Hall–Kier alpha value is -2.39. The zero-order valence-electron chi connectivity index (χ0n) is 15.5. The van der Waals surface area contributed by atoms with Crippen molar-refractivity contribution in [3.63, 3.8) is 0 Å². The molecule has 29 heavy (non-hydrogen) atoms. The topological polar surface area (TPSA) is 21.3 Å². The van der Waals surface area contributed by atoms with E-state index in [4.69, 9.17) is 39.5 Å². The van der Waals surface area contributed by atoms with Gasteiger partial charge in [0.2, 0.25) is 0 Å². The van der Waals surface area contributed by atoms with Gasteiger partial charge in [0.1, 0.15) is 12.4 Å². The van der Waals surface area contributed by atoms with Crippen LogP contribution in [0.3, 0.4) is 0 Å². The normalized spacial score (nSPS) is 10.9. The first kappa shape index (κ1) is 19.9. The summed E-state index contributed by atoms with van der Waals surface area (Å²) in [4.78, 5) is 0. The van der Waals surface area contributed by atoms with Crippen LogP contribution >= 0.6 is 34.8 Å². The molecule has 0 fully saturated rings. The van der Waals surface area contributed by atoms with E-state index >= 15 is 0 Å². The third kappa shape index (κ3) is 4.79. The minimum atomic E-state index is 0.397. The van der Waals surface area contributed by atoms with Gasteiger partial charge in [-0.3, -0.25) is 0 Å². The molecule has 0 heterocycles. The smallest absolute Gasteiger partial charge is 0.125 e. The summed E-state index contributed by atoms with van der Waals surface area (Å²) in [7, 11) is 0. The van der Waals surface area contributed by atoms with Gasteiger partial charge in [0.25, 0.3) is 0 Å². The van der Waals surface area contributed by atoms with E-state index in [0.717, 1.165) is 33.3 Å². The lowest BCUT2D eigenvalue weighted by atomic mass is 10.0. The van der Waals surface area contributed by atoms with E-state index in [-0.39, 0.29) is 0 Å². The lowest BCUT2D eigenvalue weighted by Gasteiger charge is -2.16. The largest absolute Gasteiger partial charge is 0.488 e. The molecule has 4 rings (SSSR count). The van der Waals surface area contributed by atoms with Gasteiger partial charge in [-0.15, -0.1) is 0 Å². The molecule has 0 amide bonds. The summed E-state index contributed by atoms with van der Waals surface area (Å²) in [6, 6.07) is 25.4. The average molecular weight is 443 g/mol. The molecule has 0 aliphatic carbocycles. The van der Waals surface area contributed by atoms with Gasteiger partial charge in [0, 0.05) is 38.4 Å². The first-order valence-electron chi connectivity index (χ1n) is 9.17. The van der Waals surface area contributed by atoms with E-state index < -0.39 is 0 Å². The standard InChI is InChI=1S/C24H18Cl3NO/c25-18-11-19(26)13-20(12-18)28-14-22-21-7-3-1-5-16(21)9-10-24(22)29-15-17-6-2-4-8-23(17)27/h1-13,28H,14-15H2. The summed E-state index contributed by atoms with van der Waals surface area (Å²) in [5.74, 6) is 0.809. The van der Waals surface area contributed by atoms with Crippen molar-refractivity contribution < 1.29 is 4.74 Å². The Bertz CT molecular complexity index is 1140. The van der Waals surface area contributed by atoms with Crippen LogP contribution in [0, 0.1) is 0 Å². The third-order valence-electron chi connectivity index (χ3n) is 4.67. The summed E-state index contributed by atoms with van der Waals surface area (Å²) >= 11 is 18.5. The molecule has 4 aromatic carbocycles. The van der Waals surface area contributed by atoms with Crippen LogP contribution < -0.4 is 10.1 Å². The Balaban J connectivity index is 1.64. The van der Waals surface area contributed by atoms with Crippen molar-refractivity contribution in [2.45, 2.75) is 13.2 Å². The second-order valence-corrected chi connectivity index (χ2v) is 7.94. The number of nitrogens with one attached hydrogen (secondary N) is 1. The number of anilines is 1. The SMILES string of the molecule is Clc1cc(Cl)cc(NCc2c(OCc3ccccc3Cl)ccc3ccccc23)c1. The first-order valence-corrected chi connectivity index (χ1v) is 10.3. The molecular weight excluding hydrogens is 425 g/mol. The van der Waals surface area contributed by atoms with E-state index in [9.17, 15) is 0 Å². The molecular formula is C24H18Cl3NO. The molecule has 1 N–H and O–H groups in total. The Labute approximate surface area is 185 Å². The van der Waals surface area contributed by atoms with Crippen LogP contribution in [0.5, 0.6) is 5.75 Å². The maximum absolute atomic E-state index is 6.28. The lowest BCUT2D eigenvalue weighted by Crippen LogP contribution is -2.05. The fourth-order valence-corrected chi connectivity index (χ4v) is 3.97. The fourth-order valence-electron chi connectivity index (χ4n) is 3.25.